The van der Waals surface area contributed by atoms with Crippen LogP contribution in [0, 0.1) is 5.41 Å². The minimum atomic E-state index is -1.41. The first-order chi connectivity index (χ1) is 8.02. The van der Waals surface area contributed by atoms with E-state index in [1.54, 1.807) is 24.3 Å². The molecule has 0 heterocycles. The number of hydrogen-bond donors (Lipinski definition) is 1. The van der Waals surface area contributed by atoms with Crippen LogP contribution in [0.4, 0.5) is 0 Å². The van der Waals surface area contributed by atoms with E-state index in [0.29, 0.717) is 5.02 Å². The van der Waals surface area contributed by atoms with Crippen LogP contribution >= 0.6 is 11.6 Å². The molecule has 1 fully saturated rings. The molecule has 1 aliphatic carbocycles. The Morgan fingerprint density at radius 2 is 2.00 bits per heavy atom. The van der Waals surface area contributed by atoms with Crippen LogP contribution in [0.15, 0.2) is 24.3 Å². The van der Waals surface area contributed by atoms with Gasteiger partial charge in [0.15, 0.2) is 5.41 Å². The predicted octanol–water partition coefficient (Wildman–Crippen LogP) is 2.07. The number of esters is 1. The third-order valence-corrected chi connectivity index (χ3v) is 3.42. The zero-order valence-corrected chi connectivity index (χ0v) is 9.90. The Morgan fingerprint density at radius 3 is 2.47 bits per heavy atom. The van der Waals surface area contributed by atoms with Crippen molar-refractivity contribution in [3.05, 3.63) is 34.9 Å². The van der Waals surface area contributed by atoms with E-state index in [9.17, 15) is 9.59 Å². The second-order valence-corrected chi connectivity index (χ2v) is 4.51. The summed E-state index contributed by atoms with van der Waals surface area (Å²) in [6.45, 7) is 0. The average molecular weight is 255 g/mol. The van der Waals surface area contributed by atoms with Crippen LogP contribution in [0.2, 0.25) is 5.02 Å². The van der Waals surface area contributed by atoms with Gasteiger partial charge in [-0.05, 0) is 24.1 Å². The molecule has 5 heteroatoms. The summed E-state index contributed by atoms with van der Waals surface area (Å²) < 4.78 is 4.57. The van der Waals surface area contributed by atoms with Crippen LogP contribution in [0.25, 0.3) is 0 Å². The van der Waals surface area contributed by atoms with E-state index < -0.39 is 17.4 Å². The molecule has 0 spiro atoms. The number of ether oxygens (including phenoxy) is 1. The molecule has 0 bridgehead atoms. The Hall–Kier alpha value is -1.55. The van der Waals surface area contributed by atoms with Gasteiger partial charge in [0.2, 0.25) is 0 Å². The average Bonchev–Trinajstić information content (AvgIpc) is 3.05. The molecule has 1 aromatic rings. The van der Waals surface area contributed by atoms with Gasteiger partial charge in [0.25, 0.3) is 0 Å². The summed E-state index contributed by atoms with van der Waals surface area (Å²) in [5, 5.41) is 9.74. The lowest BCUT2D eigenvalue weighted by atomic mass is 9.99. The van der Waals surface area contributed by atoms with E-state index in [1.807, 2.05) is 0 Å². The van der Waals surface area contributed by atoms with Crippen LogP contribution in [0.3, 0.4) is 0 Å². The fraction of sp³-hybridized carbons (Fsp3) is 0.333. The van der Waals surface area contributed by atoms with Crippen molar-refractivity contribution in [3.63, 3.8) is 0 Å². The minimum absolute atomic E-state index is 0.274. The van der Waals surface area contributed by atoms with Crippen LogP contribution in [0.1, 0.15) is 17.9 Å². The number of carboxylic acid groups (broad SMARTS) is 1. The molecule has 1 N–H and O–H groups in total. The molecular formula is C12H11ClO4. The third-order valence-electron chi connectivity index (χ3n) is 3.16. The molecule has 90 valence electrons. The quantitative estimate of drug-likeness (QED) is 0.663. The first-order valence-corrected chi connectivity index (χ1v) is 5.47. The number of carbonyl (C=O) groups is 2. The highest BCUT2D eigenvalue weighted by Gasteiger charge is 2.67. The summed E-state index contributed by atoms with van der Waals surface area (Å²) in [7, 11) is 1.20. The minimum Gasteiger partial charge on any atom is -0.480 e. The van der Waals surface area contributed by atoms with E-state index in [2.05, 4.69) is 4.74 Å². The standard InChI is InChI=1S/C12H11ClO4/c1-17-11(16)12(10(14)15)6-9(12)7-2-4-8(13)5-3-7/h2-5,9H,6H2,1H3,(H,14,15)/t9-,12-/m0/s1. The Labute approximate surface area is 103 Å². The number of methoxy groups -OCH3 is 1. The Balaban J connectivity index is 2.29. The fourth-order valence-electron chi connectivity index (χ4n) is 2.09. The number of halogens is 1. The molecule has 0 amide bonds. The lowest BCUT2D eigenvalue weighted by Gasteiger charge is -2.09. The van der Waals surface area contributed by atoms with Gasteiger partial charge in [-0.15, -0.1) is 0 Å². The highest BCUT2D eigenvalue weighted by molar-refractivity contribution is 6.30. The first kappa shape index (κ1) is 11.9. The molecule has 17 heavy (non-hydrogen) atoms. The summed E-state index contributed by atoms with van der Waals surface area (Å²) in [4.78, 5) is 22.8. The molecular weight excluding hydrogens is 244 g/mol. The third kappa shape index (κ3) is 1.78. The summed E-state index contributed by atoms with van der Waals surface area (Å²) in [5.74, 6) is -2.15. The highest BCUT2D eigenvalue weighted by Crippen LogP contribution is 2.60. The molecule has 4 nitrogen and oxygen atoms in total. The normalized spacial score (nSPS) is 26.4. The summed E-state index contributed by atoms with van der Waals surface area (Å²) in [6, 6.07) is 6.83. The second-order valence-electron chi connectivity index (χ2n) is 4.08. The van der Waals surface area contributed by atoms with Crippen molar-refractivity contribution in [2.45, 2.75) is 12.3 Å². The van der Waals surface area contributed by atoms with Crippen molar-refractivity contribution in [3.8, 4) is 0 Å². The van der Waals surface area contributed by atoms with E-state index in [4.69, 9.17) is 16.7 Å². The van der Waals surface area contributed by atoms with E-state index >= 15 is 0 Å². The summed E-state index contributed by atoms with van der Waals surface area (Å²) in [5.41, 5.74) is -0.620. The van der Waals surface area contributed by atoms with Crippen molar-refractivity contribution in [2.24, 2.45) is 5.41 Å². The Bertz CT molecular complexity index is 468. The van der Waals surface area contributed by atoms with Gasteiger partial charge in [0, 0.05) is 10.9 Å². The molecule has 1 aliphatic rings. The van der Waals surface area contributed by atoms with Crippen molar-refractivity contribution < 1.29 is 19.4 Å². The van der Waals surface area contributed by atoms with E-state index in [1.165, 1.54) is 7.11 Å². The highest BCUT2D eigenvalue weighted by atomic mass is 35.5. The van der Waals surface area contributed by atoms with E-state index in [-0.39, 0.29) is 12.3 Å². The number of hydrogen-bond acceptors (Lipinski definition) is 3. The maximum Gasteiger partial charge on any atom is 0.323 e. The molecule has 1 aromatic carbocycles. The van der Waals surface area contributed by atoms with Gasteiger partial charge in [0.05, 0.1) is 7.11 Å². The zero-order valence-electron chi connectivity index (χ0n) is 9.14. The molecule has 2 atom stereocenters. The van der Waals surface area contributed by atoms with Gasteiger partial charge < -0.3 is 9.84 Å². The smallest absolute Gasteiger partial charge is 0.323 e. The van der Waals surface area contributed by atoms with Gasteiger partial charge in [-0.2, -0.15) is 0 Å². The van der Waals surface area contributed by atoms with Gasteiger partial charge in [-0.3, -0.25) is 9.59 Å². The lowest BCUT2D eigenvalue weighted by molar-refractivity contribution is -0.159. The summed E-state index contributed by atoms with van der Waals surface area (Å²) in [6.07, 6.45) is 0.274. The monoisotopic (exact) mass is 254 g/mol. The van der Waals surface area contributed by atoms with Crippen LogP contribution in [-0.2, 0) is 14.3 Å². The van der Waals surface area contributed by atoms with Crippen LogP contribution in [-0.4, -0.2) is 24.2 Å². The number of benzene rings is 1. The van der Waals surface area contributed by atoms with Crippen molar-refractivity contribution >= 4 is 23.5 Å². The molecule has 1 saturated carbocycles. The molecule has 0 saturated heterocycles. The van der Waals surface area contributed by atoms with Crippen LogP contribution < -0.4 is 0 Å². The largest absolute Gasteiger partial charge is 0.480 e. The van der Waals surface area contributed by atoms with Crippen LogP contribution in [0.5, 0.6) is 0 Å². The fourth-order valence-corrected chi connectivity index (χ4v) is 2.22. The van der Waals surface area contributed by atoms with Gasteiger partial charge in [-0.1, -0.05) is 23.7 Å². The lowest BCUT2D eigenvalue weighted by Crippen LogP contribution is -2.28. The van der Waals surface area contributed by atoms with Gasteiger partial charge in [-0.25, -0.2) is 0 Å². The maximum atomic E-state index is 11.6. The van der Waals surface area contributed by atoms with Crippen molar-refractivity contribution in [1.29, 1.82) is 0 Å². The number of carboxylic acids is 1. The van der Waals surface area contributed by atoms with E-state index in [0.717, 1.165) is 5.56 Å². The molecule has 0 aliphatic heterocycles. The SMILES string of the molecule is COC(=O)[C@@]1(C(=O)O)C[C@H]1c1ccc(Cl)cc1. The molecule has 0 radical (unpaired) electrons. The van der Waals surface area contributed by atoms with Gasteiger partial charge >= 0.3 is 11.9 Å². The van der Waals surface area contributed by atoms with Crippen molar-refractivity contribution in [2.75, 3.05) is 7.11 Å². The second kappa shape index (κ2) is 4.04. The molecule has 0 aromatic heterocycles. The number of rotatable bonds is 3. The zero-order chi connectivity index (χ0) is 12.6. The first-order valence-electron chi connectivity index (χ1n) is 5.09. The topological polar surface area (TPSA) is 63.6 Å². The maximum absolute atomic E-state index is 11.6. The predicted molar refractivity (Wildman–Crippen MR) is 60.9 cm³/mol. The Kier molecular flexibility index (Phi) is 2.83. The summed E-state index contributed by atoms with van der Waals surface area (Å²) >= 11 is 5.75. The molecule has 2 rings (SSSR count). The Morgan fingerprint density at radius 1 is 1.41 bits per heavy atom. The van der Waals surface area contributed by atoms with Gasteiger partial charge in [0.1, 0.15) is 0 Å². The van der Waals surface area contributed by atoms with Crippen molar-refractivity contribution in [1.82, 2.24) is 0 Å². The number of carbonyl (C=O) groups excluding carboxylic acids is 1. The number of aliphatic carboxylic acids is 1. The molecule has 0 unspecified atom stereocenters.